The molecule has 1 saturated heterocycles. The molecule has 0 saturated carbocycles. The molecule has 0 spiro atoms. The van der Waals surface area contributed by atoms with Crippen molar-refractivity contribution in [1.29, 1.82) is 0 Å². The molecule has 2 aliphatic heterocycles. The number of hydrogen-bond acceptors (Lipinski definition) is 4. The number of nitrogens with zero attached hydrogens (tertiary/aromatic N) is 3. The lowest BCUT2D eigenvalue weighted by molar-refractivity contribution is 0.235. The second-order valence-corrected chi connectivity index (χ2v) is 6.66. The first kappa shape index (κ1) is 14.8. The Labute approximate surface area is 137 Å². The van der Waals surface area contributed by atoms with E-state index in [1.807, 2.05) is 6.07 Å². The quantitative estimate of drug-likeness (QED) is 0.896. The van der Waals surface area contributed by atoms with E-state index in [2.05, 4.69) is 26.7 Å². The summed E-state index contributed by atoms with van der Waals surface area (Å²) in [5, 5.41) is 16.3. The van der Waals surface area contributed by atoms with E-state index >= 15 is 0 Å². The van der Waals surface area contributed by atoms with Gasteiger partial charge in [-0.15, -0.1) is 0 Å². The SMILES string of the molecule is [O-]N1NC(=NCCN2CCCCC2)Nc2cc3c(cc21)CCC3. The van der Waals surface area contributed by atoms with E-state index in [0.717, 1.165) is 30.2 Å². The highest BCUT2D eigenvalue weighted by Gasteiger charge is 2.20. The van der Waals surface area contributed by atoms with E-state index in [0.29, 0.717) is 18.2 Å². The molecule has 1 aromatic carbocycles. The lowest BCUT2D eigenvalue weighted by Crippen LogP contribution is -2.46. The van der Waals surface area contributed by atoms with Crippen LogP contribution in [-0.4, -0.2) is 37.0 Å². The number of piperidine rings is 1. The van der Waals surface area contributed by atoms with Gasteiger partial charge in [0.25, 0.3) is 0 Å². The molecular weight excluding hydrogens is 290 g/mol. The van der Waals surface area contributed by atoms with Crippen molar-refractivity contribution in [3.8, 4) is 0 Å². The summed E-state index contributed by atoms with van der Waals surface area (Å²) in [7, 11) is 0. The summed E-state index contributed by atoms with van der Waals surface area (Å²) in [6, 6.07) is 4.12. The fourth-order valence-electron chi connectivity index (χ4n) is 3.75. The topological polar surface area (TPSA) is 66.0 Å². The zero-order valence-corrected chi connectivity index (χ0v) is 13.5. The molecule has 2 heterocycles. The molecule has 124 valence electrons. The summed E-state index contributed by atoms with van der Waals surface area (Å²) in [6.45, 7) is 4.02. The highest BCUT2D eigenvalue weighted by Crippen LogP contribution is 2.34. The van der Waals surface area contributed by atoms with Gasteiger partial charge >= 0.3 is 0 Å². The maximum absolute atomic E-state index is 12.2. The van der Waals surface area contributed by atoms with Crippen LogP contribution in [0.1, 0.15) is 36.8 Å². The van der Waals surface area contributed by atoms with Crippen molar-refractivity contribution in [2.45, 2.75) is 38.5 Å². The fraction of sp³-hybridized carbons (Fsp3) is 0.588. The Morgan fingerprint density at radius 1 is 1.04 bits per heavy atom. The second-order valence-electron chi connectivity index (χ2n) is 6.66. The van der Waals surface area contributed by atoms with Crippen LogP contribution < -0.4 is 15.9 Å². The zero-order valence-electron chi connectivity index (χ0n) is 13.5. The summed E-state index contributed by atoms with van der Waals surface area (Å²) in [4.78, 5) is 6.98. The molecule has 1 fully saturated rings. The lowest BCUT2D eigenvalue weighted by atomic mass is 10.1. The number of anilines is 2. The predicted molar refractivity (Wildman–Crippen MR) is 93.7 cm³/mol. The second kappa shape index (κ2) is 6.37. The summed E-state index contributed by atoms with van der Waals surface area (Å²) < 4.78 is 0. The van der Waals surface area contributed by atoms with Crippen LogP contribution in [0.25, 0.3) is 0 Å². The highest BCUT2D eigenvalue weighted by atomic mass is 16.5. The van der Waals surface area contributed by atoms with Crippen molar-refractivity contribution in [3.63, 3.8) is 0 Å². The molecule has 0 bridgehead atoms. The molecule has 1 aromatic rings. The monoisotopic (exact) mass is 314 g/mol. The molecule has 23 heavy (non-hydrogen) atoms. The summed E-state index contributed by atoms with van der Waals surface area (Å²) >= 11 is 0. The molecule has 0 radical (unpaired) electrons. The molecule has 0 amide bonds. The number of guanidine groups is 1. The largest absolute Gasteiger partial charge is 0.739 e. The average molecular weight is 314 g/mol. The first-order chi connectivity index (χ1) is 11.3. The Bertz CT molecular complexity index is 609. The third-order valence-electron chi connectivity index (χ3n) is 5.02. The van der Waals surface area contributed by atoms with Gasteiger partial charge in [0.1, 0.15) is 0 Å². The van der Waals surface area contributed by atoms with Gasteiger partial charge < -0.3 is 20.6 Å². The minimum atomic E-state index is 0.558. The number of aryl methyl sites for hydroxylation is 2. The lowest BCUT2D eigenvalue weighted by Gasteiger charge is -2.38. The number of nitrogens with one attached hydrogen (secondary N) is 2. The minimum absolute atomic E-state index is 0.558. The van der Waals surface area contributed by atoms with Crippen molar-refractivity contribution in [2.24, 2.45) is 4.99 Å². The van der Waals surface area contributed by atoms with E-state index in [-0.39, 0.29) is 0 Å². The molecule has 0 atom stereocenters. The Morgan fingerprint density at radius 2 is 1.83 bits per heavy atom. The van der Waals surface area contributed by atoms with E-state index in [1.165, 1.54) is 49.9 Å². The average Bonchev–Trinajstić information content (AvgIpc) is 3.02. The van der Waals surface area contributed by atoms with Crippen molar-refractivity contribution in [3.05, 3.63) is 28.5 Å². The first-order valence-corrected chi connectivity index (χ1v) is 8.73. The number of hydrazine groups is 1. The van der Waals surface area contributed by atoms with Crippen LogP contribution in [-0.2, 0) is 12.8 Å². The standard InChI is InChI=1S/C17H24N5O/c23-22-16-12-14-6-4-5-13(14)11-15(16)19-17(20-22)18-7-10-21-8-2-1-3-9-21/h11-12H,1-10H2,(H2,18,19,20)/q-1. The summed E-state index contributed by atoms with van der Waals surface area (Å²) in [5.41, 5.74) is 7.00. The van der Waals surface area contributed by atoms with Crippen LogP contribution in [0.3, 0.4) is 0 Å². The normalized spacial score (nSPS) is 22.5. The highest BCUT2D eigenvalue weighted by molar-refractivity contribution is 6.01. The summed E-state index contributed by atoms with van der Waals surface area (Å²) in [6.07, 6.45) is 7.30. The van der Waals surface area contributed by atoms with Crippen LogP contribution in [0.15, 0.2) is 17.1 Å². The number of hydrogen-bond donors (Lipinski definition) is 2. The molecule has 0 aromatic heterocycles. The molecule has 2 N–H and O–H groups in total. The number of benzene rings is 1. The Balaban J connectivity index is 1.42. The maximum Gasteiger partial charge on any atom is 0.214 e. The maximum atomic E-state index is 12.2. The molecule has 3 aliphatic rings. The molecule has 6 nitrogen and oxygen atoms in total. The van der Waals surface area contributed by atoms with Gasteiger partial charge in [-0.3, -0.25) is 10.4 Å². The summed E-state index contributed by atoms with van der Waals surface area (Å²) in [5.74, 6) is 0.558. The number of rotatable bonds is 3. The number of fused-ring (bicyclic) bond motifs is 2. The van der Waals surface area contributed by atoms with Crippen molar-refractivity contribution in [2.75, 3.05) is 36.7 Å². The van der Waals surface area contributed by atoms with Gasteiger partial charge in [-0.05, 0) is 68.5 Å². The third kappa shape index (κ3) is 3.14. The van der Waals surface area contributed by atoms with E-state index in [9.17, 15) is 5.21 Å². The molecular formula is C17H24N5O-. The Hall–Kier alpha value is -1.79. The number of likely N-dealkylation sites (tertiary alicyclic amines) is 1. The van der Waals surface area contributed by atoms with Gasteiger partial charge in [-0.25, -0.2) is 0 Å². The fourth-order valence-corrected chi connectivity index (χ4v) is 3.75. The van der Waals surface area contributed by atoms with Crippen molar-refractivity contribution >= 4 is 17.3 Å². The van der Waals surface area contributed by atoms with E-state index in [1.54, 1.807) is 0 Å². The van der Waals surface area contributed by atoms with E-state index < -0.39 is 0 Å². The van der Waals surface area contributed by atoms with Gasteiger partial charge in [0.15, 0.2) is 0 Å². The molecule has 6 heteroatoms. The van der Waals surface area contributed by atoms with Crippen LogP contribution in [0.4, 0.5) is 11.4 Å². The van der Waals surface area contributed by atoms with Gasteiger partial charge in [0.2, 0.25) is 5.96 Å². The van der Waals surface area contributed by atoms with Crippen molar-refractivity contribution < 1.29 is 0 Å². The smallest absolute Gasteiger partial charge is 0.214 e. The van der Waals surface area contributed by atoms with Gasteiger partial charge in [0.05, 0.1) is 17.9 Å². The predicted octanol–water partition coefficient (Wildman–Crippen LogP) is 2.25. The van der Waals surface area contributed by atoms with Crippen LogP contribution >= 0.6 is 0 Å². The Kier molecular flexibility index (Phi) is 4.10. The van der Waals surface area contributed by atoms with Crippen LogP contribution in [0.2, 0.25) is 0 Å². The molecule has 4 rings (SSSR count). The number of aliphatic imine (C=N–C) groups is 1. The van der Waals surface area contributed by atoms with Crippen molar-refractivity contribution in [1.82, 2.24) is 10.3 Å². The first-order valence-electron chi connectivity index (χ1n) is 8.73. The Morgan fingerprint density at radius 3 is 2.65 bits per heavy atom. The minimum Gasteiger partial charge on any atom is -0.739 e. The van der Waals surface area contributed by atoms with Gasteiger partial charge in [0, 0.05) is 6.54 Å². The van der Waals surface area contributed by atoms with Gasteiger partial charge in [-0.1, -0.05) is 6.42 Å². The molecule has 1 aliphatic carbocycles. The third-order valence-corrected chi connectivity index (χ3v) is 5.02. The van der Waals surface area contributed by atoms with Gasteiger partial charge in [-0.2, -0.15) is 0 Å². The van der Waals surface area contributed by atoms with Crippen LogP contribution in [0.5, 0.6) is 0 Å². The molecule has 0 unspecified atom stereocenters. The van der Waals surface area contributed by atoms with E-state index in [4.69, 9.17) is 0 Å². The van der Waals surface area contributed by atoms with Crippen LogP contribution in [0, 0.1) is 5.21 Å². The zero-order chi connectivity index (χ0) is 15.6.